The summed E-state index contributed by atoms with van der Waals surface area (Å²) in [6, 6.07) is 13.8. The smallest absolute Gasteiger partial charge is 0.269 e. The molecule has 0 bridgehead atoms. The van der Waals surface area contributed by atoms with Gasteiger partial charge in [-0.25, -0.2) is 0 Å². The van der Waals surface area contributed by atoms with Gasteiger partial charge in [0.15, 0.2) is 5.17 Å². The predicted octanol–water partition coefficient (Wildman–Crippen LogP) is 3.25. The van der Waals surface area contributed by atoms with Gasteiger partial charge in [-0.15, -0.1) is 5.10 Å². The second-order valence-corrected chi connectivity index (χ2v) is 7.08. The number of nitrogens with zero attached hydrogens (tertiary/aromatic N) is 4. The molecule has 0 unspecified atom stereocenters. The minimum atomic E-state index is -0.467. The second kappa shape index (κ2) is 8.49. The van der Waals surface area contributed by atoms with Crippen LogP contribution in [-0.4, -0.2) is 36.3 Å². The average Bonchev–Trinajstić information content (AvgIpc) is 3.02. The molecule has 2 aromatic rings. The van der Waals surface area contributed by atoms with Crippen molar-refractivity contribution in [3.63, 3.8) is 0 Å². The van der Waals surface area contributed by atoms with Gasteiger partial charge in [0.2, 0.25) is 0 Å². The Hall–Kier alpha value is -3.46. The molecule has 1 saturated heterocycles. The molecule has 0 spiro atoms. The number of nitrogens with one attached hydrogen (secondary N) is 1. The first-order valence-corrected chi connectivity index (χ1v) is 9.08. The normalized spacial score (nSPS) is 16.7. The van der Waals surface area contributed by atoms with Crippen molar-refractivity contribution >= 4 is 46.5 Å². The summed E-state index contributed by atoms with van der Waals surface area (Å²) in [5.41, 5.74) is 2.67. The van der Waals surface area contributed by atoms with Crippen molar-refractivity contribution in [2.45, 2.75) is 0 Å². The quantitative estimate of drug-likeness (QED) is 0.362. The van der Waals surface area contributed by atoms with E-state index in [4.69, 9.17) is 0 Å². The van der Waals surface area contributed by atoms with Crippen LogP contribution in [0.25, 0.3) is 6.08 Å². The number of nitro benzene ring substituents is 1. The number of carbonyl (C=O) groups excluding carboxylic acids is 1. The summed E-state index contributed by atoms with van der Waals surface area (Å²) < 4.78 is 0. The Kier molecular flexibility index (Phi) is 5.85. The first kappa shape index (κ1) is 19.3. The minimum absolute atomic E-state index is 0.000814. The van der Waals surface area contributed by atoms with E-state index in [0.29, 0.717) is 15.6 Å². The van der Waals surface area contributed by atoms with Crippen molar-refractivity contribution in [3.8, 4) is 0 Å². The zero-order valence-corrected chi connectivity index (χ0v) is 16.0. The standard InChI is InChI=1S/C19H17N5O3S/c1-23(2)15-7-5-14(6-8-15)12-20-22-19-21-18(25)17(28-19)11-13-3-9-16(10-4-13)24(26)27/h3-12H,1-2H3,(H,21,22,25)/b17-11-,20-12?. The number of amidine groups is 1. The Labute approximate surface area is 165 Å². The second-order valence-electron chi connectivity index (χ2n) is 6.05. The van der Waals surface area contributed by atoms with E-state index in [1.165, 1.54) is 12.1 Å². The molecule has 3 rings (SSSR count). The van der Waals surface area contributed by atoms with Crippen molar-refractivity contribution in [1.29, 1.82) is 0 Å². The number of benzene rings is 2. The third kappa shape index (κ3) is 4.83. The van der Waals surface area contributed by atoms with Crippen LogP contribution < -0.4 is 10.2 Å². The lowest BCUT2D eigenvalue weighted by Crippen LogP contribution is -2.19. The fraction of sp³-hybridized carbons (Fsp3) is 0.105. The third-order valence-corrected chi connectivity index (χ3v) is 4.72. The lowest BCUT2D eigenvalue weighted by molar-refractivity contribution is -0.384. The minimum Gasteiger partial charge on any atom is -0.378 e. The van der Waals surface area contributed by atoms with E-state index in [1.54, 1.807) is 24.4 Å². The highest BCUT2D eigenvalue weighted by molar-refractivity contribution is 8.18. The number of carbonyl (C=O) groups is 1. The number of nitro groups is 1. The Morgan fingerprint density at radius 1 is 1.07 bits per heavy atom. The summed E-state index contributed by atoms with van der Waals surface area (Å²) in [7, 11) is 3.94. The molecule has 0 radical (unpaired) electrons. The molecule has 0 atom stereocenters. The first-order chi connectivity index (χ1) is 13.4. The Morgan fingerprint density at radius 2 is 1.71 bits per heavy atom. The molecule has 142 valence electrons. The summed E-state index contributed by atoms with van der Waals surface area (Å²) >= 11 is 1.16. The van der Waals surface area contributed by atoms with Gasteiger partial charge in [0.25, 0.3) is 11.6 Å². The average molecular weight is 395 g/mol. The SMILES string of the molecule is CN(C)c1ccc(C=N/N=C2\NC(=O)/C(=C/c3ccc([N+](=O)[O-])cc3)S2)cc1. The zero-order valence-electron chi connectivity index (χ0n) is 15.2. The molecule has 1 aliphatic heterocycles. The molecule has 0 saturated carbocycles. The van der Waals surface area contributed by atoms with Crippen LogP contribution in [0.15, 0.2) is 63.6 Å². The van der Waals surface area contributed by atoms with Crippen molar-refractivity contribution in [3.05, 3.63) is 74.7 Å². The van der Waals surface area contributed by atoms with Gasteiger partial charge in [0, 0.05) is 31.9 Å². The van der Waals surface area contributed by atoms with Gasteiger partial charge < -0.3 is 4.90 Å². The molecule has 1 N–H and O–H groups in total. The predicted molar refractivity (Wildman–Crippen MR) is 113 cm³/mol. The van der Waals surface area contributed by atoms with Crippen molar-refractivity contribution in [2.75, 3.05) is 19.0 Å². The fourth-order valence-electron chi connectivity index (χ4n) is 2.33. The number of anilines is 1. The fourth-order valence-corrected chi connectivity index (χ4v) is 3.10. The van der Waals surface area contributed by atoms with Crippen molar-refractivity contribution in [2.24, 2.45) is 10.2 Å². The van der Waals surface area contributed by atoms with E-state index in [1.807, 2.05) is 43.3 Å². The van der Waals surface area contributed by atoms with Crippen LogP contribution in [0.3, 0.4) is 0 Å². The number of thioether (sulfide) groups is 1. The van der Waals surface area contributed by atoms with E-state index in [-0.39, 0.29) is 11.6 Å². The van der Waals surface area contributed by atoms with Gasteiger partial charge in [0.05, 0.1) is 16.0 Å². The topological polar surface area (TPSA) is 100 Å². The summed E-state index contributed by atoms with van der Waals surface area (Å²) in [5.74, 6) is -0.285. The molecule has 1 aliphatic rings. The zero-order chi connectivity index (χ0) is 20.1. The van der Waals surface area contributed by atoms with Crippen LogP contribution in [0.2, 0.25) is 0 Å². The van der Waals surface area contributed by atoms with E-state index in [2.05, 4.69) is 15.5 Å². The van der Waals surface area contributed by atoms with E-state index in [0.717, 1.165) is 23.0 Å². The summed E-state index contributed by atoms with van der Waals surface area (Å²) in [5, 5.41) is 21.8. The highest BCUT2D eigenvalue weighted by atomic mass is 32.2. The van der Waals surface area contributed by atoms with Crippen LogP contribution in [-0.2, 0) is 4.79 Å². The largest absolute Gasteiger partial charge is 0.378 e. The maximum atomic E-state index is 12.1. The van der Waals surface area contributed by atoms with Gasteiger partial charge in [-0.05, 0) is 53.2 Å². The molecular formula is C19H17N5O3S. The Morgan fingerprint density at radius 3 is 2.32 bits per heavy atom. The van der Waals surface area contributed by atoms with Gasteiger partial charge >= 0.3 is 0 Å². The lowest BCUT2D eigenvalue weighted by atomic mass is 10.2. The molecule has 8 nitrogen and oxygen atoms in total. The highest BCUT2D eigenvalue weighted by Gasteiger charge is 2.23. The van der Waals surface area contributed by atoms with E-state index in [9.17, 15) is 14.9 Å². The number of hydrogen-bond donors (Lipinski definition) is 1. The Bertz CT molecular complexity index is 980. The molecule has 28 heavy (non-hydrogen) atoms. The van der Waals surface area contributed by atoms with E-state index < -0.39 is 4.92 Å². The Balaban J connectivity index is 1.66. The summed E-state index contributed by atoms with van der Waals surface area (Å²) in [6.45, 7) is 0. The van der Waals surface area contributed by atoms with Crippen LogP contribution in [0.1, 0.15) is 11.1 Å². The number of amides is 1. The van der Waals surface area contributed by atoms with Crippen LogP contribution >= 0.6 is 11.8 Å². The van der Waals surface area contributed by atoms with E-state index >= 15 is 0 Å². The molecule has 1 heterocycles. The molecule has 9 heteroatoms. The van der Waals surface area contributed by atoms with Gasteiger partial charge in [-0.3, -0.25) is 20.2 Å². The van der Waals surface area contributed by atoms with Crippen LogP contribution in [0, 0.1) is 10.1 Å². The maximum absolute atomic E-state index is 12.1. The summed E-state index contributed by atoms with van der Waals surface area (Å²) in [6.07, 6.45) is 3.26. The van der Waals surface area contributed by atoms with Crippen molar-refractivity contribution in [1.82, 2.24) is 5.32 Å². The van der Waals surface area contributed by atoms with Crippen molar-refractivity contribution < 1.29 is 9.72 Å². The maximum Gasteiger partial charge on any atom is 0.269 e. The van der Waals surface area contributed by atoms with Gasteiger partial charge in [0.1, 0.15) is 0 Å². The molecule has 1 amide bonds. The number of non-ortho nitro benzene ring substituents is 1. The third-order valence-electron chi connectivity index (χ3n) is 3.82. The monoisotopic (exact) mass is 395 g/mol. The number of rotatable bonds is 5. The molecular weight excluding hydrogens is 378 g/mol. The van der Waals surface area contributed by atoms with Crippen LogP contribution in [0.4, 0.5) is 11.4 Å². The molecule has 1 fully saturated rings. The molecule has 0 aromatic heterocycles. The first-order valence-electron chi connectivity index (χ1n) is 8.26. The highest BCUT2D eigenvalue weighted by Crippen LogP contribution is 2.26. The summed E-state index contributed by atoms with van der Waals surface area (Å²) in [4.78, 5) is 24.7. The van der Waals surface area contributed by atoms with Gasteiger partial charge in [-0.1, -0.05) is 12.1 Å². The molecule has 2 aromatic carbocycles. The number of hydrogen-bond acceptors (Lipinski definition) is 7. The molecule has 0 aliphatic carbocycles. The van der Waals surface area contributed by atoms with Gasteiger partial charge in [-0.2, -0.15) is 5.10 Å². The van der Waals surface area contributed by atoms with Crippen LogP contribution in [0.5, 0.6) is 0 Å². The lowest BCUT2D eigenvalue weighted by Gasteiger charge is -2.11.